The fourth-order valence-corrected chi connectivity index (χ4v) is 3.84. The van der Waals surface area contributed by atoms with Crippen molar-refractivity contribution >= 4 is 5.91 Å². The van der Waals surface area contributed by atoms with Gasteiger partial charge in [-0.3, -0.25) is 4.79 Å². The third-order valence-corrected chi connectivity index (χ3v) is 5.41. The van der Waals surface area contributed by atoms with Crippen LogP contribution < -0.4 is 5.73 Å². The lowest BCUT2D eigenvalue weighted by Gasteiger charge is -2.41. The highest BCUT2D eigenvalue weighted by atomic mass is 16.2. The highest BCUT2D eigenvalue weighted by Crippen LogP contribution is 2.41. The molecule has 1 aliphatic heterocycles. The summed E-state index contributed by atoms with van der Waals surface area (Å²) in [5.41, 5.74) is 6.08. The summed E-state index contributed by atoms with van der Waals surface area (Å²) < 4.78 is 0. The van der Waals surface area contributed by atoms with E-state index in [-0.39, 0.29) is 5.41 Å². The zero-order valence-electron chi connectivity index (χ0n) is 12.9. The van der Waals surface area contributed by atoms with E-state index in [1.165, 1.54) is 12.8 Å². The molecule has 0 aromatic heterocycles. The van der Waals surface area contributed by atoms with Crippen LogP contribution in [0.15, 0.2) is 0 Å². The first-order valence-corrected chi connectivity index (χ1v) is 7.88. The summed E-state index contributed by atoms with van der Waals surface area (Å²) in [6, 6.07) is 0. The zero-order chi connectivity index (χ0) is 14.1. The molecule has 1 heterocycles. The van der Waals surface area contributed by atoms with Gasteiger partial charge in [-0.1, -0.05) is 33.6 Å². The van der Waals surface area contributed by atoms with Gasteiger partial charge in [0.15, 0.2) is 0 Å². The third kappa shape index (κ3) is 2.96. The summed E-state index contributed by atoms with van der Waals surface area (Å²) in [5, 5.41) is 0. The fraction of sp³-hybridized carbons (Fsp3) is 0.938. The maximum atomic E-state index is 12.8. The highest BCUT2D eigenvalue weighted by Gasteiger charge is 2.43. The molecular formula is C16H30N2O. The Kier molecular flexibility index (Phi) is 4.24. The average Bonchev–Trinajstić information content (AvgIpc) is 2.87. The summed E-state index contributed by atoms with van der Waals surface area (Å²) in [5.74, 6) is 1.09. The Bertz CT molecular complexity index is 318. The van der Waals surface area contributed by atoms with Crippen molar-refractivity contribution in [2.75, 3.05) is 19.6 Å². The average molecular weight is 266 g/mol. The molecule has 1 saturated carbocycles. The van der Waals surface area contributed by atoms with E-state index in [1.54, 1.807) is 0 Å². The van der Waals surface area contributed by atoms with Crippen LogP contribution in [0.25, 0.3) is 0 Å². The Labute approximate surface area is 117 Å². The molecule has 0 bridgehead atoms. The second kappa shape index (κ2) is 5.43. The van der Waals surface area contributed by atoms with Gasteiger partial charge in [0.2, 0.25) is 5.91 Å². The quantitative estimate of drug-likeness (QED) is 0.835. The summed E-state index contributed by atoms with van der Waals surface area (Å²) in [6.07, 6.45) is 6.64. The molecule has 1 aliphatic carbocycles. The Morgan fingerprint density at radius 2 is 1.74 bits per heavy atom. The normalized spacial score (nSPS) is 24.7. The number of hydrogen-bond donors (Lipinski definition) is 1. The minimum absolute atomic E-state index is 0.214. The number of piperidine rings is 1. The molecule has 0 unspecified atom stereocenters. The SMILES string of the molecule is CC(C)(C)C1CCN(C(=O)C2(CN)CCCC2)CC1. The molecule has 1 saturated heterocycles. The van der Waals surface area contributed by atoms with E-state index in [2.05, 4.69) is 25.7 Å². The molecule has 0 aromatic carbocycles. The summed E-state index contributed by atoms with van der Waals surface area (Å²) in [6.45, 7) is 9.34. The Morgan fingerprint density at radius 3 is 2.16 bits per heavy atom. The van der Waals surface area contributed by atoms with E-state index < -0.39 is 0 Å². The predicted molar refractivity (Wildman–Crippen MR) is 78.7 cm³/mol. The van der Waals surface area contributed by atoms with Gasteiger partial charge in [0.1, 0.15) is 0 Å². The van der Waals surface area contributed by atoms with Gasteiger partial charge in [0, 0.05) is 19.6 Å². The summed E-state index contributed by atoms with van der Waals surface area (Å²) in [4.78, 5) is 14.9. The first kappa shape index (κ1) is 14.8. The van der Waals surface area contributed by atoms with Crippen LogP contribution in [-0.2, 0) is 4.79 Å². The Morgan fingerprint density at radius 1 is 1.21 bits per heavy atom. The second-order valence-electron chi connectivity index (χ2n) is 7.62. The van der Waals surface area contributed by atoms with Crippen molar-refractivity contribution in [2.24, 2.45) is 22.5 Å². The number of hydrogen-bond acceptors (Lipinski definition) is 2. The largest absolute Gasteiger partial charge is 0.342 e. The maximum Gasteiger partial charge on any atom is 0.230 e. The fourth-order valence-electron chi connectivity index (χ4n) is 3.84. The Balaban J connectivity index is 1.96. The monoisotopic (exact) mass is 266 g/mol. The van der Waals surface area contributed by atoms with Gasteiger partial charge in [0.05, 0.1) is 5.41 Å². The molecule has 2 fully saturated rings. The van der Waals surface area contributed by atoms with Gasteiger partial charge in [-0.25, -0.2) is 0 Å². The van der Waals surface area contributed by atoms with Crippen molar-refractivity contribution in [2.45, 2.75) is 59.3 Å². The molecule has 1 amide bonds. The van der Waals surface area contributed by atoms with Crippen LogP contribution in [0.4, 0.5) is 0 Å². The summed E-state index contributed by atoms with van der Waals surface area (Å²) in [7, 11) is 0. The zero-order valence-corrected chi connectivity index (χ0v) is 12.9. The van der Waals surface area contributed by atoms with Gasteiger partial charge in [0.25, 0.3) is 0 Å². The molecule has 0 radical (unpaired) electrons. The van der Waals surface area contributed by atoms with Crippen LogP contribution in [-0.4, -0.2) is 30.4 Å². The highest BCUT2D eigenvalue weighted by molar-refractivity contribution is 5.83. The van der Waals surface area contributed by atoms with E-state index in [1.807, 2.05) is 0 Å². The number of rotatable bonds is 2. The third-order valence-electron chi connectivity index (χ3n) is 5.41. The molecule has 0 atom stereocenters. The number of carbonyl (C=O) groups is 1. The van der Waals surface area contributed by atoms with Crippen LogP contribution in [0, 0.1) is 16.7 Å². The first-order valence-electron chi connectivity index (χ1n) is 7.88. The van der Waals surface area contributed by atoms with Gasteiger partial charge in [-0.05, 0) is 37.0 Å². The molecule has 0 aromatic rings. The molecule has 2 aliphatic rings. The molecule has 19 heavy (non-hydrogen) atoms. The molecule has 2 rings (SSSR count). The lowest BCUT2D eigenvalue weighted by Crippen LogP contribution is -2.50. The Hall–Kier alpha value is -0.570. The van der Waals surface area contributed by atoms with Crippen LogP contribution >= 0.6 is 0 Å². The standard InChI is InChI=1S/C16H30N2O/c1-15(2,3)13-6-10-18(11-7-13)14(19)16(12-17)8-4-5-9-16/h13H,4-12,17H2,1-3H3. The van der Waals surface area contributed by atoms with Crippen molar-refractivity contribution in [3.63, 3.8) is 0 Å². The molecule has 0 spiro atoms. The van der Waals surface area contributed by atoms with Crippen molar-refractivity contribution in [3.05, 3.63) is 0 Å². The number of nitrogens with two attached hydrogens (primary N) is 1. The smallest absolute Gasteiger partial charge is 0.230 e. The molecular weight excluding hydrogens is 236 g/mol. The lowest BCUT2D eigenvalue weighted by molar-refractivity contribution is -0.143. The molecule has 2 N–H and O–H groups in total. The first-order chi connectivity index (χ1) is 8.89. The van der Waals surface area contributed by atoms with Crippen LogP contribution in [0.2, 0.25) is 0 Å². The van der Waals surface area contributed by atoms with E-state index in [0.29, 0.717) is 17.9 Å². The molecule has 3 heteroatoms. The van der Waals surface area contributed by atoms with Gasteiger partial charge < -0.3 is 10.6 Å². The minimum atomic E-state index is -0.214. The van der Waals surface area contributed by atoms with E-state index in [4.69, 9.17) is 5.73 Å². The number of amides is 1. The summed E-state index contributed by atoms with van der Waals surface area (Å²) >= 11 is 0. The van der Waals surface area contributed by atoms with E-state index in [0.717, 1.165) is 44.7 Å². The van der Waals surface area contributed by atoms with Crippen molar-refractivity contribution in [3.8, 4) is 0 Å². The van der Waals surface area contributed by atoms with Crippen molar-refractivity contribution in [1.29, 1.82) is 0 Å². The van der Waals surface area contributed by atoms with E-state index in [9.17, 15) is 4.79 Å². The van der Waals surface area contributed by atoms with Gasteiger partial charge in [-0.2, -0.15) is 0 Å². The topological polar surface area (TPSA) is 46.3 Å². The van der Waals surface area contributed by atoms with Crippen molar-refractivity contribution in [1.82, 2.24) is 4.90 Å². The number of carbonyl (C=O) groups excluding carboxylic acids is 1. The van der Waals surface area contributed by atoms with Gasteiger partial charge >= 0.3 is 0 Å². The van der Waals surface area contributed by atoms with Crippen LogP contribution in [0.1, 0.15) is 59.3 Å². The van der Waals surface area contributed by atoms with E-state index >= 15 is 0 Å². The number of nitrogens with zero attached hydrogens (tertiary/aromatic N) is 1. The lowest BCUT2D eigenvalue weighted by atomic mass is 9.74. The minimum Gasteiger partial charge on any atom is -0.342 e. The second-order valence-corrected chi connectivity index (χ2v) is 7.62. The van der Waals surface area contributed by atoms with Crippen molar-refractivity contribution < 1.29 is 4.79 Å². The molecule has 110 valence electrons. The van der Waals surface area contributed by atoms with Crippen LogP contribution in [0.3, 0.4) is 0 Å². The van der Waals surface area contributed by atoms with Crippen LogP contribution in [0.5, 0.6) is 0 Å². The number of likely N-dealkylation sites (tertiary alicyclic amines) is 1. The molecule has 3 nitrogen and oxygen atoms in total. The predicted octanol–water partition coefficient (Wildman–Crippen LogP) is 2.79. The van der Waals surface area contributed by atoms with Gasteiger partial charge in [-0.15, -0.1) is 0 Å². The maximum absolute atomic E-state index is 12.8.